The summed E-state index contributed by atoms with van der Waals surface area (Å²) in [5.41, 5.74) is 1.51. The molecule has 4 rings (SSSR count). The maximum Gasteiger partial charge on any atom is 0.330 e. The van der Waals surface area contributed by atoms with Gasteiger partial charge in [0.05, 0.1) is 12.7 Å². The molecule has 0 saturated heterocycles. The third-order valence-corrected chi connectivity index (χ3v) is 5.12. The third kappa shape index (κ3) is 4.91. The Hall–Kier alpha value is -4.59. The van der Waals surface area contributed by atoms with E-state index in [9.17, 15) is 19.5 Å². The van der Waals surface area contributed by atoms with Crippen LogP contribution in [0.15, 0.2) is 78.6 Å². The van der Waals surface area contributed by atoms with E-state index in [-0.39, 0.29) is 11.5 Å². The number of nitrogens with one attached hydrogen (secondary N) is 1. The van der Waals surface area contributed by atoms with E-state index < -0.39 is 24.5 Å². The highest BCUT2D eigenvalue weighted by Crippen LogP contribution is 2.35. The summed E-state index contributed by atoms with van der Waals surface area (Å²) in [5, 5.41) is 11.9. The van der Waals surface area contributed by atoms with Gasteiger partial charge in [0.15, 0.2) is 18.4 Å². The van der Waals surface area contributed by atoms with Gasteiger partial charge in [-0.3, -0.25) is 9.59 Å². The molecule has 0 saturated carbocycles. The van der Waals surface area contributed by atoms with Crippen molar-refractivity contribution in [3.05, 3.63) is 95.2 Å². The number of Topliss-reactive ketones (excluding diaryl/α,β-unsaturated/α-hetero) is 1. The molecule has 34 heavy (non-hydrogen) atoms. The molecule has 0 fully saturated rings. The molecule has 3 aromatic carbocycles. The lowest BCUT2D eigenvalue weighted by Crippen LogP contribution is -2.36. The maximum atomic E-state index is 12.7. The number of amides is 1. The summed E-state index contributed by atoms with van der Waals surface area (Å²) in [5.74, 6) is -0.723. The van der Waals surface area contributed by atoms with Crippen LogP contribution in [0.25, 0.3) is 6.08 Å². The Labute approximate surface area is 195 Å². The van der Waals surface area contributed by atoms with E-state index in [1.54, 1.807) is 67.8 Å². The molecule has 1 unspecified atom stereocenters. The second kappa shape index (κ2) is 9.91. The summed E-state index contributed by atoms with van der Waals surface area (Å²) in [6.07, 6.45) is 1.60. The number of ether oxygens (including phenoxy) is 3. The van der Waals surface area contributed by atoms with E-state index in [1.165, 1.54) is 6.07 Å². The molecule has 1 heterocycles. The first kappa shape index (κ1) is 22.6. The predicted octanol–water partition coefficient (Wildman–Crippen LogP) is 3.63. The number of hydrogen-bond acceptors (Lipinski definition) is 6. The van der Waals surface area contributed by atoms with Crippen molar-refractivity contribution in [2.45, 2.75) is 6.04 Å². The monoisotopic (exact) mass is 459 g/mol. The van der Waals surface area contributed by atoms with E-state index in [0.717, 1.165) is 0 Å². The molecule has 8 nitrogen and oxygen atoms in total. The zero-order chi connectivity index (χ0) is 24.1. The number of carboxylic acid groups (broad SMARTS) is 1. The van der Waals surface area contributed by atoms with Crippen molar-refractivity contribution in [2.75, 3.05) is 13.7 Å². The zero-order valence-corrected chi connectivity index (χ0v) is 18.2. The minimum absolute atomic E-state index is 0.140. The molecule has 0 aromatic heterocycles. The Morgan fingerprint density at radius 1 is 1.06 bits per heavy atom. The Morgan fingerprint density at radius 3 is 2.53 bits per heavy atom. The highest BCUT2D eigenvalue weighted by Gasteiger charge is 2.28. The topological polar surface area (TPSA) is 111 Å². The van der Waals surface area contributed by atoms with Gasteiger partial charge in [-0.2, -0.15) is 0 Å². The lowest BCUT2D eigenvalue weighted by atomic mass is 10.1. The van der Waals surface area contributed by atoms with Gasteiger partial charge in [-0.25, -0.2) is 4.79 Å². The third-order valence-electron chi connectivity index (χ3n) is 5.12. The predicted molar refractivity (Wildman–Crippen MR) is 123 cm³/mol. The molecule has 1 aliphatic rings. The number of carboxylic acids is 1. The molecule has 172 valence electrons. The molecular formula is C26H21NO7. The van der Waals surface area contributed by atoms with Crippen molar-refractivity contribution in [2.24, 2.45) is 0 Å². The number of carbonyl (C=O) groups excluding carboxylic acids is 2. The maximum absolute atomic E-state index is 12.7. The first-order valence-corrected chi connectivity index (χ1v) is 10.4. The van der Waals surface area contributed by atoms with Gasteiger partial charge in [0.2, 0.25) is 5.78 Å². The minimum atomic E-state index is -1.19. The van der Waals surface area contributed by atoms with E-state index in [2.05, 4.69) is 5.32 Å². The fourth-order valence-corrected chi connectivity index (χ4v) is 3.47. The quantitative estimate of drug-likeness (QED) is 0.495. The first-order chi connectivity index (χ1) is 16.5. The summed E-state index contributed by atoms with van der Waals surface area (Å²) in [6.45, 7) is -0.409. The number of allylic oxidation sites excluding steroid dienone is 1. The number of carbonyl (C=O) groups is 3. The van der Waals surface area contributed by atoms with Crippen molar-refractivity contribution < 1.29 is 33.7 Å². The van der Waals surface area contributed by atoms with Gasteiger partial charge < -0.3 is 24.6 Å². The molecule has 2 N–H and O–H groups in total. The molecule has 1 aliphatic heterocycles. The summed E-state index contributed by atoms with van der Waals surface area (Å²) >= 11 is 0. The normalized spacial score (nSPS) is 14.1. The van der Waals surface area contributed by atoms with Crippen LogP contribution in [0.5, 0.6) is 17.2 Å². The van der Waals surface area contributed by atoms with Crippen LogP contribution in [-0.4, -0.2) is 36.5 Å². The van der Waals surface area contributed by atoms with Gasteiger partial charge in [-0.05, 0) is 29.8 Å². The van der Waals surface area contributed by atoms with Gasteiger partial charge in [0.1, 0.15) is 17.2 Å². The fraction of sp³-hybridized carbons (Fsp3) is 0.115. The van der Waals surface area contributed by atoms with Gasteiger partial charge in [-0.1, -0.05) is 48.5 Å². The number of methoxy groups -OCH3 is 1. The first-order valence-electron chi connectivity index (χ1n) is 10.4. The fourth-order valence-electron chi connectivity index (χ4n) is 3.47. The molecule has 0 spiro atoms. The Morgan fingerprint density at radius 2 is 1.79 bits per heavy atom. The van der Waals surface area contributed by atoms with Crippen molar-refractivity contribution in [1.29, 1.82) is 0 Å². The van der Waals surface area contributed by atoms with Crippen LogP contribution in [-0.2, 0) is 9.59 Å². The summed E-state index contributed by atoms with van der Waals surface area (Å²) in [6, 6.07) is 19.0. The number of rotatable bonds is 8. The van der Waals surface area contributed by atoms with E-state index in [0.29, 0.717) is 33.9 Å². The molecule has 0 radical (unpaired) electrons. The number of benzene rings is 3. The summed E-state index contributed by atoms with van der Waals surface area (Å²) < 4.78 is 16.5. The summed E-state index contributed by atoms with van der Waals surface area (Å²) in [4.78, 5) is 36.6. The Kier molecular flexibility index (Phi) is 6.59. The SMILES string of the molecule is COc1ccccc1C=C1Oc2cc(OCC(=O)NC(C(=O)O)c3ccccc3)ccc2C1=O. The zero-order valence-electron chi connectivity index (χ0n) is 18.2. The van der Waals surface area contributed by atoms with Crippen molar-refractivity contribution in [1.82, 2.24) is 5.32 Å². The lowest BCUT2D eigenvalue weighted by Gasteiger charge is -2.15. The standard InChI is InChI=1S/C26H21NO7/c1-32-20-10-6-5-9-17(20)13-22-25(29)19-12-11-18(14-21(19)34-22)33-15-23(28)27-24(26(30)31)16-7-3-2-4-8-16/h2-14,24H,15H2,1H3,(H,27,28)(H,30,31). The average molecular weight is 459 g/mol. The average Bonchev–Trinajstić information content (AvgIpc) is 3.16. The van der Waals surface area contributed by atoms with Crippen LogP contribution in [0.1, 0.15) is 27.5 Å². The van der Waals surface area contributed by atoms with Crippen molar-refractivity contribution >= 4 is 23.7 Å². The number of ketones is 1. The summed E-state index contributed by atoms with van der Waals surface area (Å²) in [7, 11) is 1.54. The second-order valence-electron chi connectivity index (χ2n) is 7.38. The van der Waals surface area contributed by atoms with Gasteiger partial charge in [-0.15, -0.1) is 0 Å². The Bertz CT molecular complexity index is 1270. The molecule has 3 aromatic rings. The van der Waals surface area contributed by atoms with Crippen LogP contribution < -0.4 is 19.5 Å². The van der Waals surface area contributed by atoms with Gasteiger partial charge in [0, 0.05) is 11.6 Å². The van der Waals surface area contributed by atoms with Gasteiger partial charge in [0.25, 0.3) is 5.91 Å². The van der Waals surface area contributed by atoms with Crippen LogP contribution >= 0.6 is 0 Å². The molecule has 1 atom stereocenters. The molecule has 0 aliphatic carbocycles. The van der Waals surface area contributed by atoms with Crippen LogP contribution in [0.2, 0.25) is 0 Å². The highest BCUT2D eigenvalue weighted by molar-refractivity contribution is 6.14. The van der Waals surface area contributed by atoms with E-state index in [4.69, 9.17) is 14.2 Å². The minimum Gasteiger partial charge on any atom is -0.496 e. The second-order valence-corrected chi connectivity index (χ2v) is 7.38. The molecule has 1 amide bonds. The van der Waals surface area contributed by atoms with E-state index in [1.807, 2.05) is 12.1 Å². The highest BCUT2D eigenvalue weighted by atomic mass is 16.5. The largest absolute Gasteiger partial charge is 0.496 e. The van der Waals surface area contributed by atoms with Gasteiger partial charge >= 0.3 is 5.97 Å². The number of fused-ring (bicyclic) bond motifs is 1. The number of hydrogen-bond donors (Lipinski definition) is 2. The molecule has 8 heteroatoms. The molecule has 0 bridgehead atoms. The number of para-hydroxylation sites is 1. The Balaban J connectivity index is 1.42. The van der Waals surface area contributed by atoms with E-state index >= 15 is 0 Å². The molecular weight excluding hydrogens is 438 g/mol. The van der Waals surface area contributed by atoms with Crippen LogP contribution in [0.3, 0.4) is 0 Å². The lowest BCUT2D eigenvalue weighted by molar-refractivity contribution is -0.142. The van der Waals surface area contributed by atoms with Crippen molar-refractivity contribution in [3.63, 3.8) is 0 Å². The smallest absolute Gasteiger partial charge is 0.330 e. The van der Waals surface area contributed by atoms with Crippen molar-refractivity contribution in [3.8, 4) is 17.2 Å². The number of aliphatic carboxylic acids is 1. The van der Waals surface area contributed by atoms with Crippen LogP contribution in [0.4, 0.5) is 0 Å². The van der Waals surface area contributed by atoms with Crippen LogP contribution in [0, 0.1) is 0 Å².